The van der Waals surface area contributed by atoms with Gasteiger partial charge in [0.1, 0.15) is 5.82 Å². The number of nitrogens with one attached hydrogen (secondary N) is 1. The number of aryl methyl sites for hydroxylation is 2. The molecule has 0 fully saturated rings. The maximum Gasteiger partial charge on any atom is 0.338 e. The summed E-state index contributed by atoms with van der Waals surface area (Å²) in [7, 11) is 0. The van der Waals surface area contributed by atoms with Crippen molar-refractivity contribution in [3.05, 3.63) is 83.3 Å². The lowest BCUT2D eigenvalue weighted by molar-refractivity contribution is 0.0526. The first kappa shape index (κ1) is 19.7. The lowest BCUT2D eigenvalue weighted by Crippen LogP contribution is -2.05. The van der Waals surface area contributed by atoms with Crippen LogP contribution in [0.25, 0.3) is 28.3 Å². The quantitative estimate of drug-likeness (QED) is 0.442. The molecule has 2 aromatic heterocycles. The van der Waals surface area contributed by atoms with Gasteiger partial charge >= 0.3 is 5.97 Å². The van der Waals surface area contributed by atoms with Gasteiger partial charge in [0.25, 0.3) is 0 Å². The third kappa shape index (κ3) is 3.54. The fourth-order valence-corrected chi connectivity index (χ4v) is 3.83. The zero-order valence-corrected chi connectivity index (χ0v) is 17.7. The van der Waals surface area contributed by atoms with Crippen LogP contribution < -0.4 is 0 Å². The fraction of sp³-hybridized carbons (Fsp3) is 0.200. The van der Waals surface area contributed by atoms with Crippen molar-refractivity contribution in [2.24, 2.45) is 0 Å². The highest BCUT2D eigenvalue weighted by Gasteiger charge is 2.17. The Labute approximate surface area is 176 Å². The van der Waals surface area contributed by atoms with Crippen LogP contribution >= 0.6 is 0 Å². The molecule has 0 aliphatic heterocycles. The summed E-state index contributed by atoms with van der Waals surface area (Å²) in [5.41, 5.74) is 7.90. The molecular formula is C25H25N3O2. The first-order chi connectivity index (χ1) is 14.5. The summed E-state index contributed by atoms with van der Waals surface area (Å²) in [6.45, 7) is 8.38. The molecule has 4 aromatic rings. The van der Waals surface area contributed by atoms with Crippen molar-refractivity contribution in [3.8, 4) is 28.3 Å². The van der Waals surface area contributed by atoms with Crippen LogP contribution in [-0.2, 0) is 4.74 Å². The number of ether oxygens (including phenoxy) is 1. The van der Waals surface area contributed by atoms with Crippen LogP contribution in [0.5, 0.6) is 0 Å². The Bertz CT molecular complexity index is 1190. The van der Waals surface area contributed by atoms with E-state index in [0.717, 1.165) is 45.4 Å². The summed E-state index contributed by atoms with van der Waals surface area (Å²) in [6.07, 6.45) is 0. The van der Waals surface area contributed by atoms with Crippen LogP contribution in [0.4, 0.5) is 0 Å². The first-order valence-electron chi connectivity index (χ1n) is 10.1. The highest BCUT2D eigenvalue weighted by molar-refractivity contribution is 5.89. The minimum atomic E-state index is -0.301. The Balaban J connectivity index is 1.71. The van der Waals surface area contributed by atoms with Crippen LogP contribution in [0.15, 0.2) is 60.7 Å². The summed E-state index contributed by atoms with van der Waals surface area (Å²) in [4.78, 5) is 20.3. The topological polar surface area (TPSA) is 59.9 Å². The Morgan fingerprint density at radius 1 is 1.03 bits per heavy atom. The minimum absolute atomic E-state index is 0.301. The van der Waals surface area contributed by atoms with Gasteiger partial charge in [-0.2, -0.15) is 0 Å². The van der Waals surface area contributed by atoms with Gasteiger partial charge < -0.3 is 14.3 Å². The molecule has 0 atom stereocenters. The van der Waals surface area contributed by atoms with E-state index in [-0.39, 0.29) is 5.97 Å². The predicted molar refractivity (Wildman–Crippen MR) is 119 cm³/mol. The Kier molecular flexibility index (Phi) is 5.27. The summed E-state index contributed by atoms with van der Waals surface area (Å²) < 4.78 is 7.25. The van der Waals surface area contributed by atoms with E-state index in [9.17, 15) is 4.79 Å². The number of aromatic amines is 1. The number of hydrogen-bond acceptors (Lipinski definition) is 3. The van der Waals surface area contributed by atoms with Crippen molar-refractivity contribution in [3.63, 3.8) is 0 Å². The van der Waals surface area contributed by atoms with Gasteiger partial charge in [-0.1, -0.05) is 30.3 Å². The Hall–Kier alpha value is -3.60. The smallest absolute Gasteiger partial charge is 0.338 e. The van der Waals surface area contributed by atoms with Crippen molar-refractivity contribution < 1.29 is 9.53 Å². The number of esters is 1. The molecule has 0 spiro atoms. The second-order valence-electron chi connectivity index (χ2n) is 7.31. The van der Waals surface area contributed by atoms with Gasteiger partial charge in [0.15, 0.2) is 0 Å². The molecule has 0 unspecified atom stereocenters. The van der Waals surface area contributed by atoms with E-state index in [1.165, 1.54) is 0 Å². The molecule has 0 bridgehead atoms. The molecule has 2 heterocycles. The summed E-state index contributed by atoms with van der Waals surface area (Å²) in [5, 5.41) is 0. The van der Waals surface area contributed by atoms with Gasteiger partial charge in [-0.05, 0) is 58.0 Å². The van der Waals surface area contributed by atoms with Crippen LogP contribution in [0.1, 0.15) is 34.4 Å². The maximum absolute atomic E-state index is 11.9. The van der Waals surface area contributed by atoms with Gasteiger partial charge in [0.05, 0.1) is 17.9 Å². The van der Waals surface area contributed by atoms with E-state index in [0.29, 0.717) is 12.2 Å². The van der Waals surface area contributed by atoms with Crippen molar-refractivity contribution in [2.75, 3.05) is 6.61 Å². The number of imidazole rings is 1. The summed E-state index contributed by atoms with van der Waals surface area (Å²) >= 11 is 0. The van der Waals surface area contributed by atoms with Gasteiger partial charge in [-0.15, -0.1) is 0 Å². The van der Waals surface area contributed by atoms with Gasteiger partial charge in [-0.25, -0.2) is 9.78 Å². The molecule has 0 saturated heterocycles. The van der Waals surface area contributed by atoms with Gasteiger partial charge in [-0.3, -0.25) is 0 Å². The molecule has 2 aromatic carbocycles. The molecule has 0 radical (unpaired) electrons. The second-order valence-corrected chi connectivity index (χ2v) is 7.31. The molecule has 4 rings (SSSR count). The number of nitrogens with zero attached hydrogens (tertiary/aromatic N) is 2. The third-order valence-electron chi connectivity index (χ3n) is 5.25. The molecule has 5 nitrogen and oxygen atoms in total. The minimum Gasteiger partial charge on any atom is -0.462 e. The molecule has 1 N–H and O–H groups in total. The highest BCUT2D eigenvalue weighted by Crippen LogP contribution is 2.31. The van der Waals surface area contributed by atoms with Crippen LogP contribution in [0, 0.1) is 20.8 Å². The molecular weight excluding hydrogens is 374 g/mol. The zero-order valence-electron chi connectivity index (χ0n) is 17.7. The third-order valence-corrected chi connectivity index (χ3v) is 5.25. The zero-order chi connectivity index (χ0) is 21.3. The molecule has 30 heavy (non-hydrogen) atoms. The van der Waals surface area contributed by atoms with E-state index in [4.69, 9.17) is 9.72 Å². The molecule has 0 aliphatic rings. The predicted octanol–water partition coefficient (Wildman–Crippen LogP) is 5.64. The number of hydrogen-bond donors (Lipinski definition) is 1. The molecule has 5 heteroatoms. The number of carbonyl (C=O) groups is 1. The second kappa shape index (κ2) is 8.03. The fourth-order valence-electron chi connectivity index (χ4n) is 3.83. The number of carbonyl (C=O) groups excluding carboxylic acids is 1. The summed E-state index contributed by atoms with van der Waals surface area (Å²) in [5.74, 6) is 0.555. The number of rotatable bonds is 5. The molecule has 0 saturated carbocycles. The lowest BCUT2D eigenvalue weighted by atomic mass is 10.1. The SMILES string of the molecule is CCOC(=O)c1ccc(-n2c(C)cc(-c3nc(-c4ccccc4)c(C)[nH]3)c2C)cc1. The van der Waals surface area contributed by atoms with Crippen molar-refractivity contribution in [1.82, 2.24) is 14.5 Å². The summed E-state index contributed by atoms with van der Waals surface area (Å²) in [6, 6.07) is 19.8. The average Bonchev–Trinajstić information content (AvgIpc) is 3.28. The lowest BCUT2D eigenvalue weighted by Gasteiger charge is -2.10. The molecule has 152 valence electrons. The van der Waals surface area contributed by atoms with Gasteiger partial charge in [0, 0.05) is 33.9 Å². The average molecular weight is 399 g/mol. The Morgan fingerprint density at radius 3 is 2.40 bits per heavy atom. The van der Waals surface area contributed by atoms with Gasteiger partial charge in [0.2, 0.25) is 0 Å². The van der Waals surface area contributed by atoms with Crippen LogP contribution in [-0.4, -0.2) is 27.1 Å². The van der Waals surface area contributed by atoms with E-state index in [1.54, 1.807) is 19.1 Å². The number of aromatic nitrogens is 3. The van der Waals surface area contributed by atoms with Crippen molar-refractivity contribution in [1.29, 1.82) is 0 Å². The number of H-pyrrole nitrogens is 1. The van der Waals surface area contributed by atoms with Crippen molar-refractivity contribution >= 4 is 5.97 Å². The Morgan fingerprint density at radius 2 is 1.73 bits per heavy atom. The highest BCUT2D eigenvalue weighted by atomic mass is 16.5. The van der Waals surface area contributed by atoms with E-state index in [1.807, 2.05) is 37.3 Å². The first-order valence-corrected chi connectivity index (χ1v) is 10.1. The van der Waals surface area contributed by atoms with E-state index >= 15 is 0 Å². The van der Waals surface area contributed by atoms with E-state index in [2.05, 4.69) is 41.6 Å². The normalized spacial score (nSPS) is 10.9. The molecule has 0 aliphatic carbocycles. The van der Waals surface area contributed by atoms with Crippen LogP contribution in [0.3, 0.4) is 0 Å². The monoisotopic (exact) mass is 399 g/mol. The maximum atomic E-state index is 11.9. The molecule has 0 amide bonds. The van der Waals surface area contributed by atoms with E-state index < -0.39 is 0 Å². The van der Waals surface area contributed by atoms with Crippen molar-refractivity contribution in [2.45, 2.75) is 27.7 Å². The van der Waals surface area contributed by atoms with Crippen LogP contribution in [0.2, 0.25) is 0 Å². The standard InChI is InChI=1S/C25H25N3O2/c1-5-30-25(29)20-11-13-21(14-12-20)28-16(2)15-22(18(28)4)24-26-17(3)23(27-24)19-9-7-6-8-10-19/h6-15H,5H2,1-4H3,(H,26,27). The number of benzene rings is 2. The largest absolute Gasteiger partial charge is 0.462 e.